The fraction of sp³-hybridized carbons (Fsp3) is 0.136. The van der Waals surface area contributed by atoms with Gasteiger partial charge >= 0.3 is 6.61 Å². The quantitative estimate of drug-likeness (QED) is 0.575. The number of carbonyl (C=O) groups excluding carboxylic acids is 1. The standard InChI is InChI=1S/C22H19F2NO4S/c1-28-16-10-7-14(8-11-16)18-13-15(9-12-19(18)29-22(23)24)25-21(26)17-5-3-4-6-20(17)30(2)27/h3-13,22H,1-2H3,(H,25,26)/t30-/m0/s1. The van der Waals surface area contributed by atoms with Gasteiger partial charge in [0.05, 0.1) is 28.4 Å². The molecule has 0 spiro atoms. The minimum atomic E-state index is -2.99. The number of rotatable bonds is 7. The third-order valence-electron chi connectivity index (χ3n) is 4.30. The van der Waals surface area contributed by atoms with Crippen molar-refractivity contribution in [3.05, 3.63) is 72.3 Å². The molecule has 1 atom stereocenters. The highest BCUT2D eigenvalue weighted by Crippen LogP contribution is 2.35. The SMILES string of the molecule is COc1ccc(-c2cc(NC(=O)c3ccccc3[S@](C)=O)ccc2OC(F)F)cc1. The third kappa shape index (κ3) is 5.01. The van der Waals surface area contributed by atoms with E-state index in [2.05, 4.69) is 10.1 Å². The number of hydrogen-bond acceptors (Lipinski definition) is 4. The fourth-order valence-corrected chi connectivity index (χ4v) is 3.65. The first-order chi connectivity index (χ1) is 14.4. The smallest absolute Gasteiger partial charge is 0.387 e. The molecule has 0 fully saturated rings. The first-order valence-corrected chi connectivity index (χ1v) is 10.4. The lowest BCUT2D eigenvalue weighted by Crippen LogP contribution is -2.14. The molecule has 0 aliphatic rings. The van der Waals surface area contributed by atoms with Crippen molar-refractivity contribution in [3.8, 4) is 22.6 Å². The van der Waals surface area contributed by atoms with E-state index in [0.717, 1.165) is 0 Å². The topological polar surface area (TPSA) is 64.6 Å². The summed E-state index contributed by atoms with van der Waals surface area (Å²) in [6.07, 6.45) is 1.49. The minimum absolute atomic E-state index is 0.0248. The van der Waals surface area contributed by atoms with E-state index < -0.39 is 23.3 Å². The van der Waals surface area contributed by atoms with Crippen molar-refractivity contribution < 1.29 is 27.3 Å². The Hall–Kier alpha value is -3.26. The first kappa shape index (κ1) is 21.4. The Bertz CT molecular complexity index is 1070. The number of alkyl halides is 2. The largest absolute Gasteiger partial charge is 0.497 e. The number of nitrogens with one attached hydrogen (secondary N) is 1. The van der Waals surface area contributed by atoms with Gasteiger partial charge in [-0.05, 0) is 48.0 Å². The van der Waals surface area contributed by atoms with Crippen LogP contribution in [0.15, 0.2) is 71.6 Å². The Morgan fingerprint density at radius 1 is 1.03 bits per heavy atom. The van der Waals surface area contributed by atoms with Crippen LogP contribution in [0.4, 0.5) is 14.5 Å². The molecule has 0 aliphatic carbocycles. The molecule has 0 aromatic heterocycles. The first-order valence-electron chi connectivity index (χ1n) is 8.86. The number of methoxy groups -OCH3 is 1. The zero-order valence-electron chi connectivity index (χ0n) is 16.2. The number of hydrogen-bond donors (Lipinski definition) is 1. The summed E-state index contributed by atoms with van der Waals surface area (Å²) in [5.74, 6) is 0.135. The van der Waals surface area contributed by atoms with E-state index in [0.29, 0.717) is 27.5 Å². The van der Waals surface area contributed by atoms with E-state index >= 15 is 0 Å². The van der Waals surface area contributed by atoms with Gasteiger partial charge in [-0.25, -0.2) is 0 Å². The number of ether oxygens (including phenoxy) is 2. The number of carbonyl (C=O) groups is 1. The van der Waals surface area contributed by atoms with Crippen molar-refractivity contribution in [3.63, 3.8) is 0 Å². The molecule has 0 radical (unpaired) electrons. The predicted molar refractivity (Wildman–Crippen MR) is 112 cm³/mol. The van der Waals surface area contributed by atoms with E-state index in [9.17, 15) is 17.8 Å². The summed E-state index contributed by atoms with van der Waals surface area (Å²) in [4.78, 5) is 13.1. The highest BCUT2D eigenvalue weighted by atomic mass is 32.2. The summed E-state index contributed by atoms with van der Waals surface area (Å²) in [5.41, 5.74) is 1.64. The van der Waals surface area contributed by atoms with Gasteiger partial charge in [0, 0.05) is 17.5 Å². The third-order valence-corrected chi connectivity index (χ3v) is 5.27. The van der Waals surface area contributed by atoms with Crippen LogP contribution in [0.25, 0.3) is 11.1 Å². The molecule has 1 N–H and O–H groups in total. The van der Waals surface area contributed by atoms with Crippen molar-refractivity contribution in [1.29, 1.82) is 0 Å². The van der Waals surface area contributed by atoms with Gasteiger partial charge in [-0.3, -0.25) is 9.00 Å². The summed E-state index contributed by atoms with van der Waals surface area (Å²) in [6.45, 7) is -2.99. The average molecular weight is 431 g/mol. The Kier molecular flexibility index (Phi) is 6.79. The van der Waals surface area contributed by atoms with E-state index in [1.807, 2.05) is 0 Å². The second-order valence-corrected chi connectivity index (χ2v) is 7.57. The van der Waals surface area contributed by atoms with Crippen LogP contribution in [0, 0.1) is 0 Å². The molecule has 1 amide bonds. The van der Waals surface area contributed by atoms with Crippen molar-refractivity contribution >= 4 is 22.4 Å². The van der Waals surface area contributed by atoms with Crippen LogP contribution in [0.5, 0.6) is 11.5 Å². The molecule has 0 heterocycles. The molecule has 3 aromatic rings. The number of halogens is 2. The highest BCUT2D eigenvalue weighted by Gasteiger charge is 2.16. The Morgan fingerprint density at radius 2 is 1.73 bits per heavy atom. The lowest BCUT2D eigenvalue weighted by atomic mass is 10.0. The highest BCUT2D eigenvalue weighted by molar-refractivity contribution is 7.84. The predicted octanol–water partition coefficient (Wildman–Crippen LogP) is 4.95. The maximum atomic E-state index is 12.8. The van der Waals surface area contributed by atoms with E-state index in [1.54, 1.807) is 54.6 Å². The molecule has 30 heavy (non-hydrogen) atoms. The molecule has 3 rings (SSSR count). The van der Waals surface area contributed by atoms with E-state index in [4.69, 9.17) is 4.74 Å². The maximum Gasteiger partial charge on any atom is 0.387 e. The van der Waals surface area contributed by atoms with Gasteiger partial charge in [0.1, 0.15) is 11.5 Å². The fourth-order valence-electron chi connectivity index (χ4n) is 2.91. The normalized spacial score (nSPS) is 11.8. The van der Waals surface area contributed by atoms with Crippen molar-refractivity contribution in [2.45, 2.75) is 11.5 Å². The molecule has 0 bridgehead atoms. The van der Waals surface area contributed by atoms with Gasteiger partial charge in [0.15, 0.2) is 0 Å². The van der Waals surface area contributed by atoms with Crippen LogP contribution >= 0.6 is 0 Å². The van der Waals surface area contributed by atoms with Gasteiger partial charge in [-0.1, -0.05) is 24.3 Å². The van der Waals surface area contributed by atoms with E-state index in [-0.39, 0.29) is 11.3 Å². The Balaban J connectivity index is 1.96. The van der Waals surface area contributed by atoms with Gasteiger partial charge in [0.2, 0.25) is 0 Å². The molecule has 0 unspecified atom stereocenters. The lowest BCUT2D eigenvalue weighted by Gasteiger charge is -2.14. The summed E-state index contributed by atoms with van der Waals surface area (Å²) in [7, 11) is 0.183. The summed E-state index contributed by atoms with van der Waals surface area (Å²) in [5, 5.41) is 2.73. The second kappa shape index (κ2) is 9.49. The van der Waals surface area contributed by atoms with Crippen LogP contribution in [-0.4, -0.2) is 30.1 Å². The van der Waals surface area contributed by atoms with E-state index in [1.165, 1.54) is 25.5 Å². The van der Waals surface area contributed by atoms with Crippen LogP contribution in [0.2, 0.25) is 0 Å². The van der Waals surface area contributed by atoms with Crippen molar-refractivity contribution in [2.75, 3.05) is 18.7 Å². The molecule has 156 valence electrons. The molecule has 0 saturated heterocycles. The van der Waals surface area contributed by atoms with Crippen LogP contribution in [-0.2, 0) is 10.8 Å². The van der Waals surface area contributed by atoms with Gasteiger partial charge in [0.25, 0.3) is 5.91 Å². The summed E-state index contributed by atoms with van der Waals surface area (Å²) < 4.78 is 47.3. The van der Waals surface area contributed by atoms with Crippen LogP contribution in [0.1, 0.15) is 10.4 Å². The van der Waals surface area contributed by atoms with Gasteiger partial charge in [-0.2, -0.15) is 8.78 Å². The zero-order valence-corrected chi connectivity index (χ0v) is 17.0. The van der Waals surface area contributed by atoms with Crippen molar-refractivity contribution in [1.82, 2.24) is 0 Å². The molecule has 5 nitrogen and oxygen atoms in total. The molecular formula is C22H19F2NO4S. The monoisotopic (exact) mass is 431 g/mol. The maximum absolute atomic E-state index is 12.8. The molecule has 8 heteroatoms. The number of anilines is 1. The lowest BCUT2D eigenvalue weighted by molar-refractivity contribution is -0.0494. The minimum Gasteiger partial charge on any atom is -0.497 e. The number of amides is 1. The Labute approximate surface area is 175 Å². The van der Waals surface area contributed by atoms with Crippen LogP contribution in [0.3, 0.4) is 0 Å². The summed E-state index contributed by atoms with van der Waals surface area (Å²) in [6, 6.07) is 17.7. The van der Waals surface area contributed by atoms with Crippen molar-refractivity contribution in [2.24, 2.45) is 0 Å². The van der Waals surface area contributed by atoms with Gasteiger partial charge in [-0.15, -0.1) is 0 Å². The molecule has 0 aliphatic heterocycles. The Morgan fingerprint density at radius 3 is 2.37 bits per heavy atom. The second-order valence-electron chi connectivity index (χ2n) is 6.22. The molecule has 0 saturated carbocycles. The molecule has 3 aromatic carbocycles. The summed E-state index contributed by atoms with van der Waals surface area (Å²) >= 11 is 0. The number of benzene rings is 3. The zero-order chi connectivity index (χ0) is 21.7. The average Bonchev–Trinajstić information content (AvgIpc) is 2.74. The molecular weight excluding hydrogens is 412 g/mol. The van der Waals surface area contributed by atoms with Crippen LogP contribution < -0.4 is 14.8 Å². The van der Waals surface area contributed by atoms with Gasteiger partial charge < -0.3 is 14.8 Å².